The molecule has 0 atom stereocenters. The van der Waals surface area contributed by atoms with E-state index in [1.807, 2.05) is 54.6 Å². The highest BCUT2D eigenvalue weighted by Gasteiger charge is 2.47. The first-order valence-corrected chi connectivity index (χ1v) is 17.5. The largest absolute Gasteiger partial charge is 0.573 e. The maximum atomic E-state index is 15.1. The third kappa shape index (κ3) is 6.53. The van der Waals surface area contributed by atoms with Crippen LogP contribution >= 0.6 is 0 Å². The minimum Gasteiger partial charge on any atom is -0.404 e. The molecule has 0 spiro atoms. The molecule has 13 heteroatoms. The van der Waals surface area contributed by atoms with Gasteiger partial charge in [0, 0.05) is 44.5 Å². The number of ether oxygens (including phenoxy) is 1. The molecule has 0 heterocycles. The first-order chi connectivity index (χ1) is 29.5. The van der Waals surface area contributed by atoms with Gasteiger partial charge in [0.25, 0.3) is 0 Å². The number of fused-ring (bicyclic) bond motifs is 2. The lowest BCUT2D eigenvalue weighted by Gasteiger charge is -2.21. The average molecular weight is 792 g/mol. The summed E-state index contributed by atoms with van der Waals surface area (Å²) in [7, 11) is 0. The summed E-state index contributed by atoms with van der Waals surface area (Å²) < 4.78 is 50.1. The molecule has 0 N–H and O–H groups in total. The van der Waals surface area contributed by atoms with Gasteiger partial charge in [-0.05, 0) is 58.7 Å². The second kappa shape index (κ2) is 15.5. The van der Waals surface area contributed by atoms with Crippen molar-refractivity contribution in [1.82, 2.24) is 0 Å². The maximum absolute atomic E-state index is 15.1. The van der Waals surface area contributed by atoms with Gasteiger partial charge in [0.2, 0.25) is 0 Å². The molecule has 2 aliphatic rings. The van der Waals surface area contributed by atoms with Crippen molar-refractivity contribution in [3.63, 3.8) is 0 Å². The molecule has 0 radical (unpaired) electrons. The maximum Gasteiger partial charge on any atom is 0.573 e. The quantitative estimate of drug-likeness (QED) is 0.153. The Kier molecular flexibility index (Phi) is 10.0. The van der Waals surface area contributed by atoms with Gasteiger partial charge in [0.05, 0.1) is 74.4 Å². The van der Waals surface area contributed by atoms with E-state index in [0.717, 1.165) is 0 Å². The molecule has 7 rings (SSSR count). The molecule has 0 aromatic heterocycles. The van der Waals surface area contributed by atoms with E-state index >= 15 is 13.2 Å². The van der Waals surface area contributed by atoms with Crippen LogP contribution < -0.4 is 4.74 Å². The number of hydrogen-bond donors (Lipinski definition) is 0. The molecule has 5 aromatic rings. The number of alkyl halides is 3. The molecule has 0 bridgehead atoms. The van der Waals surface area contributed by atoms with E-state index in [9.17, 15) is 47.4 Å². The van der Waals surface area contributed by atoms with Gasteiger partial charge in [-0.2, -0.15) is 47.4 Å². The van der Waals surface area contributed by atoms with E-state index in [0.29, 0.717) is 0 Å². The Balaban J connectivity index is 1.82. The van der Waals surface area contributed by atoms with Gasteiger partial charge in [0.15, 0.2) is 0 Å². The molecule has 5 aromatic carbocycles. The molecule has 0 saturated carbocycles. The summed E-state index contributed by atoms with van der Waals surface area (Å²) >= 11 is 0. The number of halogens is 3. The topological polar surface area (TPSA) is 223 Å². The highest BCUT2D eigenvalue weighted by atomic mass is 19.4. The predicted octanol–water partition coefficient (Wildman–Crippen LogP) is 9.71. The first kappa shape index (κ1) is 39.3. The molecule has 61 heavy (non-hydrogen) atoms. The second-order valence-electron chi connectivity index (χ2n) is 13.1. The summed E-state index contributed by atoms with van der Waals surface area (Å²) in [6, 6.07) is 40.8. The summed E-state index contributed by atoms with van der Waals surface area (Å²) in [5.41, 5.74) is -4.86. The Morgan fingerprint density at radius 3 is 1.18 bits per heavy atom. The van der Waals surface area contributed by atoms with Gasteiger partial charge in [0.1, 0.15) is 36.1 Å². The van der Waals surface area contributed by atoms with Gasteiger partial charge >= 0.3 is 6.36 Å². The van der Waals surface area contributed by atoms with Crippen LogP contribution in [-0.2, 0) is 0 Å². The standard InChI is InChI=1S/C48H16F3N9O/c49-48(50,51)61-47-45-37(24-59)40(31-9-5-2-6-10-31)42(34(21-56)32-13-26(17-52)11-27(14-32)18-53)44(45)38(25-60)41-36(23-58)39(30-7-3-1-4-8-30)43(46(41)47)35(22-57)33-15-28(19-54)12-29(16-33)20-55/h1-16H/b42-34+,43-35+. The van der Waals surface area contributed by atoms with Gasteiger partial charge in [-0.1, -0.05) is 60.7 Å². The zero-order valence-electron chi connectivity index (χ0n) is 30.8. The number of nitriles is 9. The van der Waals surface area contributed by atoms with Crippen LogP contribution in [0, 0.1) is 102 Å². The van der Waals surface area contributed by atoms with E-state index in [1.165, 1.54) is 60.7 Å². The lowest BCUT2D eigenvalue weighted by atomic mass is 9.83. The smallest absolute Gasteiger partial charge is 0.404 e. The fourth-order valence-corrected chi connectivity index (χ4v) is 7.63. The Bertz CT molecular complexity index is 3280. The highest BCUT2D eigenvalue weighted by Crippen LogP contribution is 2.62. The van der Waals surface area contributed by atoms with Crippen LogP contribution in [0.5, 0.6) is 5.75 Å². The van der Waals surface area contributed by atoms with Crippen LogP contribution in [0.3, 0.4) is 0 Å². The van der Waals surface area contributed by atoms with Crippen LogP contribution in [0.1, 0.15) is 72.3 Å². The minimum absolute atomic E-state index is 0.0478. The SMILES string of the molecule is N#CC1=C(c2ccccc2)/C(=C(/C#N)c2cc(C#N)cc(C#N)c2)c2c(C#N)c3c(c(OC(F)(F)F)c21)/C(=C(\C#N)c1cc(C#N)cc(C#N)c1)C(c1ccccc1)=C3C#N. The predicted molar refractivity (Wildman–Crippen MR) is 212 cm³/mol. The lowest BCUT2D eigenvalue weighted by Crippen LogP contribution is -2.20. The molecule has 0 unspecified atom stereocenters. The van der Waals surface area contributed by atoms with Crippen molar-refractivity contribution >= 4 is 44.6 Å². The second-order valence-corrected chi connectivity index (χ2v) is 13.1. The van der Waals surface area contributed by atoms with E-state index in [2.05, 4.69) is 0 Å². The summed E-state index contributed by atoms with van der Waals surface area (Å²) in [6.07, 6.45) is -5.52. The number of benzene rings is 5. The third-order valence-electron chi connectivity index (χ3n) is 9.82. The van der Waals surface area contributed by atoms with Crippen LogP contribution in [0.4, 0.5) is 13.2 Å². The van der Waals surface area contributed by atoms with Crippen molar-refractivity contribution < 1.29 is 17.9 Å². The summed E-state index contributed by atoms with van der Waals surface area (Å²) in [5.74, 6) is -1.09. The van der Waals surface area contributed by atoms with Gasteiger partial charge < -0.3 is 4.74 Å². The van der Waals surface area contributed by atoms with Crippen molar-refractivity contribution in [1.29, 1.82) is 47.4 Å². The van der Waals surface area contributed by atoms with Gasteiger partial charge in [-0.25, -0.2) is 0 Å². The monoisotopic (exact) mass is 791 g/mol. The van der Waals surface area contributed by atoms with E-state index in [4.69, 9.17) is 4.74 Å². The van der Waals surface area contributed by atoms with E-state index < -0.39 is 51.1 Å². The molecule has 10 nitrogen and oxygen atoms in total. The molecule has 0 aliphatic heterocycles. The zero-order chi connectivity index (χ0) is 43.6. The Hall–Kier alpha value is -9.94. The van der Waals surface area contributed by atoms with Crippen LogP contribution in [0.2, 0.25) is 0 Å². The molecule has 280 valence electrons. The Morgan fingerprint density at radius 2 is 0.836 bits per heavy atom. The number of rotatable bonds is 5. The summed E-state index contributed by atoms with van der Waals surface area (Å²) in [4.78, 5) is 0. The fraction of sp³-hybridized carbons (Fsp3) is 0.0208. The zero-order valence-corrected chi connectivity index (χ0v) is 30.8. The molecule has 2 aliphatic carbocycles. The fourth-order valence-electron chi connectivity index (χ4n) is 7.63. The first-order valence-electron chi connectivity index (χ1n) is 17.5. The Labute approximate surface area is 345 Å². The van der Waals surface area contributed by atoms with Crippen LogP contribution in [0.25, 0.3) is 44.6 Å². The number of hydrogen-bond acceptors (Lipinski definition) is 10. The van der Waals surface area contributed by atoms with Crippen molar-refractivity contribution in [3.8, 4) is 60.4 Å². The minimum atomic E-state index is -5.52. The number of allylic oxidation sites excluding steroid dienone is 8. The summed E-state index contributed by atoms with van der Waals surface area (Å²) in [6.45, 7) is 0. The molecular weight excluding hydrogens is 776 g/mol. The Morgan fingerprint density at radius 1 is 0.443 bits per heavy atom. The molecular formula is C48H16F3N9O. The molecule has 0 amide bonds. The van der Waals surface area contributed by atoms with Crippen molar-refractivity contribution in [2.75, 3.05) is 0 Å². The van der Waals surface area contributed by atoms with Crippen LogP contribution in [-0.4, -0.2) is 6.36 Å². The van der Waals surface area contributed by atoms with E-state index in [1.54, 1.807) is 36.4 Å². The lowest BCUT2D eigenvalue weighted by molar-refractivity contribution is -0.274. The molecule has 0 fully saturated rings. The molecule has 0 saturated heterocycles. The highest BCUT2D eigenvalue weighted by molar-refractivity contribution is 6.36. The normalized spacial score (nSPS) is 13.9. The van der Waals surface area contributed by atoms with Crippen LogP contribution in [0.15, 0.2) is 97.1 Å². The van der Waals surface area contributed by atoms with Crippen molar-refractivity contribution in [3.05, 3.63) is 169 Å². The van der Waals surface area contributed by atoms with E-state index in [-0.39, 0.29) is 77.9 Å². The average Bonchev–Trinajstić information content (AvgIpc) is 3.80. The van der Waals surface area contributed by atoms with Gasteiger partial charge in [-0.15, -0.1) is 13.2 Å². The third-order valence-corrected chi connectivity index (χ3v) is 9.82. The summed E-state index contributed by atoms with van der Waals surface area (Å²) in [5, 5.41) is 94.5. The van der Waals surface area contributed by atoms with Crippen molar-refractivity contribution in [2.45, 2.75) is 6.36 Å². The number of nitrogens with zero attached hydrogens (tertiary/aromatic N) is 9. The van der Waals surface area contributed by atoms with Crippen molar-refractivity contribution in [2.24, 2.45) is 0 Å². The van der Waals surface area contributed by atoms with Gasteiger partial charge in [-0.3, -0.25) is 0 Å².